The first-order chi connectivity index (χ1) is 9.11. The Hall–Kier alpha value is -2.35. The van der Waals surface area contributed by atoms with Crippen molar-refractivity contribution in [3.63, 3.8) is 0 Å². The van der Waals surface area contributed by atoms with Gasteiger partial charge in [-0.05, 0) is 12.1 Å². The molecule has 8 nitrogen and oxygen atoms in total. The number of rotatable bonds is 2. The molecule has 0 fully saturated rings. The molecule has 2 rings (SSSR count). The van der Waals surface area contributed by atoms with Crippen LogP contribution in [0.3, 0.4) is 0 Å². The van der Waals surface area contributed by atoms with Gasteiger partial charge in [0.05, 0.1) is 18.1 Å². The van der Waals surface area contributed by atoms with Crippen molar-refractivity contribution in [2.45, 2.75) is 0 Å². The molecule has 1 aliphatic rings. The van der Waals surface area contributed by atoms with Crippen LogP contribution in [0.15, 0.2) is 12.1 Å². The largest absolute Gasteiger partial charge is 0.487 e. The third-order valence-corrected chi connectivity index (χ3v) is 2.47. The highest BCUT2D eigenvalue weighted by Gasteiger charge is 2.29. The molecule has 1 heterocycles. The highest BCUT2D eigenvalue weighted by Crippen LogP contribution is 2.40. The highest BCUT2D eigenvalue weighted by atomic mass is 16.6. The summed E-state index contributed by atoms with van der Waals surface area (Å²) in [5.41, 5.74) is -1.04. The van der Waals surface area contributed by atoms with Crippen molar-refractivity contribution < 1.29 is 29.0 Å². The second-order valence-electron chi connectivity index (χ2n) is 3.66. The van der Waals surface area contributed by atoms with Crippen molar-refractivity contribution in [2.24, 2.45) is 0 Å². The quantitative estimate of drug-likeness (QED) is 0.632. The van der Waals surface area contributed by atoms with Gasteiger partial charge in [-0.25, -0.2) is 4.79 Å². The lowest BCUT2D eigenvalue weighted by Gasteiger charge is -2.11. The van der Waals surface area contributed by atoms with E-state index in [0.29, 0.717) is 6.61 Å². The predicted octanol–water partition coefficient (Wildman–Crippen LogP) is 1.08. The number of hydrogen-bond acceptors (Lipinski definition) is 6. The van der Waals surface area contributed by atoms with E-state index in [1.807, 2.05) is 0 Å². The van der Waals surface area contributed by atoms with E-state index in [1.54, 1.807) is 0 Å². The van der Waals surface area contributed by atoms with E-state index >= 15 is 0 Å². The van der Waals surface area contributed by atoms with Gasteiger partial charge in [0.25, 0.3) is 0 Å². The molecule has 1 aromatic carbocycles. The van der Waals surface area contributed by atoms with Crippen molar-refractivity contribution in [3.8, 4) is 11.5 Å². The lowest BCUT2D eigenvalue weighted by Crippen LogP contribution is -2.09. The molecule has 0 bridgehead atoms. The predicted molar refractivity (Wildman–Crippen MR) is 61.9 cm³/mol. The number of hydrogen-bond donors (Lipinski definition) is 1. The average Bonchev–Trinajstić information content (AvgIpc) is 2.48. The summed E-state index contributed by atoms with van der Waals surface area (Å²) in [6, 6.07) is 2.47. The summed E-state index contributed by atoms with van der Waals surface area (Å²) in [5, 5.41) is 20.0. The number of benzene rings is 1. The normalized spacial score (nSPS) is 14.9. The van der Waals surface area contributed by atoms with Crippen LogP contribution in [0, 0.1) is 10.1 Å². The summed E-state index contributed by atoms with van der Waals surface area (Å²) in [4.78, 5) is 21.3. The molecule has 1 aromatic rings. The molecule has 0 unspecified atom stereocenters. The Morgan fingerprint density at radius 3 is 2.53 bits per heavy atom. The number of ether oxygens (including phenoxy) is 3. The van der Waals surface area contributed by atoms with Gasteiger partial charge in [0.1, 0.15) is 18.8 Å². The van der Waals surface area contributed by atoms with E-state index < -0.39 is 22.1 Å². The Kier molecular flexibility index (Phi) is 3.81. The first kappa shape index (κ1) is 13.1. The summed E-state index contributed by atoms with van der Waals surface area (Å²) in [5.74, 6) is -1.42. The Morgan fingerprint density at radius 1 is 1.21 bits per heavy atom. The minimum Gasteiger partial charge on any atom is -0.487 e. The van der Waals surface area contributed by atoms with Gasteiger partial charge in [-0.1, -0.05) is 0 Å². The van der Waals surface area contributed by atoms with Gasteiger partial charge in [-0.3, -0.25) is 10.1 Å². The monoisotopic (exact) mass is 269 g/mol. The van der Waals surface area contributed by atoms with Crippen molar-refractivity contribution in [1.82, 2.24) is 0 Å². The van der Waals surface area contributed by atoms with E-state index in [4.69, 9.17) is 19.3 Å². The molecule has 102 valence electrons. The first-order valence-electron chi connectivity index (χ1n) is 5.49. The Bertz CT molecular complexity index is 514. The lowest BCUT2D eigenvalue weighted by atomic mass is 10.1. The van der Waals surface area contributed by atoms with E-state index in [9.17, 15) is 14.9 Å². The van der Waals surface area contributed by atoms with Gasteiger partial charge in [0, 0.05) is 0 Å². The Morgan fingerprint density at radius 2 is 1.89 bits per heavy atom. The van der Waals surface area contributed by atoms with Crippen molar-refractivity contribution in [2.75, 3.05) is 26.4 Å². The van der Waals surface area contributed by atoms with Crippen molar-refractivity contribution in [1.29, 1.82) is 0 Å². The topological polar surface area (TPSA) is 108 Å². The summed E-state index contributed by atoms with van der Waals surface area (Å²) < 4.78 is 15.7. The smallest absolute Gasteiger partial charge is 0.342 e. The van der Waals surface area contributed by atoms with Crippen LogP contribution in [0.5, 0.6) is 11.5 Å². The third-order valence-electron chi connectivity index (χ3n) is 2.47. The van der Waals surface area contributed by atoms with Crippen LogP contribution in [0.2, 0.25) is 0 Å². The molecule has 0 aliphatic carbocycles. The maximum absolute atomic E-state index is 11.1. The SMILES string of the molecule is O=C(O)c1ccc2c(c1[N+](=O)[O-])OCCOCCO2. The van der Waals surface area contributed by atoms with Gasteiger partial charge in [-0.2, -0.15) is 0 Å². The van der Waals surface area contributed by atoms with E-state index in [0.717, 1.165) is 6.07 Å². The molecule has 1 aliphatic heterocycles. The van der Waals surface area contributed by atoms with Gasteiger partial charge < -0.3 is 19.3 Å². The molecular weight excluding hydrogens is 258 g/mol. The van der Waals surface area contributed by atoms with E-state index in [2.05, 4.69) is 0 Å². The Balaban J connectivity index is 2.54. The van der Waals surface area contributed by atoms with Crippen molar-refractivity contribution in [3.05, 3.63) is 27.8 Å². The maximum Gasteiger partial charge on any atom is 0.342 e. The van der Waals surface area contributed by atoms with Crippen LogP contribution in [0.1, 0.15) is 10.4 Å². The molecule has 0 saturated carbocycles. The van der Waals surface area contributed by atoms with Crippen LogP contribution < -0.4 is 9.47 Å². The first-order valence-corrected chi connectivity index (χ1v) is 5.49. The fourth-order valence-electron chi connectivity index (χ4n) is 1.67. The fourth-order valence-corrected chi connectivity index (χ4v) is 1.67. The molecule has 0 atom stereocenters. The van der Waals surface area contributed by atoms with Crippen molar-refractivity contribution >= 4 is 11.7 Å². The fraction of sp³-hybridized carbons (Fsp3) is 0.364. The molecular formula is C11H11NO7. The van der Waals surface area contributed by atoms with Crippen LogP contribution in [-0.2, 0) is 4.74 Å². The van der Waals surface area contributed by atoms with Gasteiger partial charge in [-0.15, -0.1) is 0 Å². The second-order valence-corrected chi connectivity index (χ2v) is 3.66. The molecule has 0 saturated heterocycles. The maximum atomic E-state index is 11.1. The number of aromatic carboxylic acids is 1. The summed E-state index contributed by atoms with van der Waals surface area (Å²) >= 11 is 0. The number of nitro benzene ring substituents is 1. The molecule has 0 spiro atoms. The molecule has 1 N–H and O–H groups in total. The molecule has 19 heavy (non-hydrogen) atoms. The summed E-state index contributed by atoms with van der Waals surface area (Å²) in [6.07, 6.45) is 0. The minimum absolute atomic E-state index is 0.0836. The van der Waals surface area contributed by atoms with Crippen LogP contribution in [0.25, 0.3) is 0 Å². The zero-order valence-electron chi connectivity index (χ0n) is 9.83. The van der Waals surface area contributed by atoms with E-state index in [-0.39, 0.29) is 31.3 Å². The van der Waals surface area contributed by atoms with E-state index in [1.165, 1.54) is 6.07 Å². The molecule has 0 amide bonds. The zero-order valence-corrected chi connectivity index (χ0v) is 9.83. The number of fused-ring (bicyclic) bond motifs is 1. The number of carboxylic acid groups (broad SMARTS) is 1. The standard InChI is InChI=1S/C11H11NO7/c13-11(14)7-1-2-8-10(9(7)12(15)16)19-6-4-17-3-5-18-8/h1-2H,3-6H2,(H,13,14). The van der Waals surface area contributed by atoms with Crippen LogP contribution >= 0.6 is 0 Å². The minimum atomic E-state index is -1.39. The number of carboxylic acids is 1. The van der Waals surface area contributed by atoms with Gasteiger partial charge >= 0.3 is 11.7 Å². The van der Waals surface area contributed by atoms with Crippen LogP contribution in [0.4, 0.5) is 5.69 Å². The second kappa shape index (κ2) is 5.53. The summed E-state index contributed by atoms with van der Waals surface area (Å²) in [7, 11) is 0. The Labute approximate surface area is 107 Å². The number of nitro groups is 1. The van der Waals surface area contributed by atoms with Gasteiger partial charge in [0.15, 0.2) is 5.75 Å². The number of nitrogens with zero attached hydrogens (tertiary/aromatic N) is 1. The molecule has 0 radical (unpaired) electrons. The zero-order chi connectivity index (χ0) is 13.8. The average molecular weight is 269 g/mol. The molecule has 0 aromatic heterocycles. The molecule has 8 heteroatoms. The number of carbonyl (C=O) groups is 1. The van der Waals surface area contributed by atoms with Crippen LogP contribution in [-0.4, -0.2) is 42.4 Å². The lowest BCUT2D eigenvalue weighted by molar-refractivity contribution is -0.386. The third kappa shape index (κ3) is 2.74. The highest BCUT2D eigenvalue weighted by molar-refractivity contribution is 5.94. The van der Waals surface area contributed by atoms with Gasteiger partial charge in [0.2, 0.25) is 5.75 Å². The summed E-state index contributed by atoms with van der Waals surface area (Å²) in [6.45, 7) is 0.870.